The maximum atomic E-state index is 11.9. The molecule has 0 radical (unpaired) electrons. The van der Waals surface area contributed by atoms with Crippen molar-refractivity contribution in [1.29, 1.82) is 0 Å². The van der Waals surface area contributed by atoms with Crippen molar-refractivity contribution < 1.29 is 9.21 Å². The van der Waals surface area contributed by atoms with Crippen molar-refractivity contribution in [2.24, 2.45) is 0 Å². The summed E-state index contributed by atoms with van der Waals surface area (Å²) in [6.45, 7) is 3.62. The van der Waals surface area contributed by atoms with Crippen LogP contribution in [-0.4, -0.2) is 10.8 Å². The molecule has 0 aliphatic rings. The van der Waals surface area contributed by atoms with Gasteiger partial charge in [-0.25, -0.2) is 0 Å². The Labute approximate surface area is 87.8 Å². The third kappa shape index (κ3) is 1.81. The van der Waals surface area contributed by atoms with E-state index in [2.05, 4.69) is 4.98 Å². The van der Waals surface area contributed by atoms with Gasteiger partial charge in [-0.1, -0.05) is 0 Å². The van der Waals surface area contributed by atoms with Crippen LogP contribution in [0.4, 0.5) is 0 Å². The Morgan fingerprint density at radius 1 is 1.27 bits per heavy atom. The fourth-order valence-electron chi connectivity index (χ4n) is 1.41. The third-order valence-corrected chi connectivity index (χ3v) is 2.22. The van der Waals surface area contributed by atoms with Gasteiger partial charge in [-0.3, -0.25) is 9.78 Å². The van der Waals surface area contributed by atoms with E-state index in [1.165, 1.54) is 0 Å². The Kier molecular flexibility index (Phi) is 2.37. The number of ketones is 1. The minimum atomic E-state index is -0.117. The number of furan rings is 1. The molecule has 15 heavy (non-hydrogen) atoms. The molecule has 0 unspecified atom stereocenters. The average Bonchev–Trinajstić information content (AvgIpc) is 2.65. The Morgan fingerprint density at radius 3 is 2.67 bits per heavy atom. The fraction of sp³-hybridized carbons (Fsp3) is 0.167. The Morgan fingerprint density at radius 2 is 2.07 bits per heavy atom. The van der Waals surface area contributed by atoms with Crippen LogP contribution in [0.5, 0.6) is 0 Å². The smallest absolute Gasteiger partial charge is 0.229 e. The summed E-state index contributed by atoms with van der Waals surface area (Å²) in [5.74, 6) is 0.984. The van der Waals surface area contributed by atoms with Gasteiger partial charge < -0.3 is 4.42 Å². The zero-order valence-electron chi connectivity index (χ0n) is 8.65. The van der Waals surface area contributed by atoms with Crippen LogP contribution in [0.2, 0.25) is 0 Å². The monoisotopic (exact) mass is 201 g/mol. The van der Waals surface area contributed by atoms with Crippen molar-refractivity contribution in [3.05, 3.63) is 53.2 Å². The van der Waals surface area contributed by atoms with Gasteiger partial charge in [0.15, 0.2) is 5.76 Å². The maximum absolute atomic E-state index is 11.9. The second-order valence-corrected chi connectivity index (χ2v) is 3.38. The molecule has 2 rings (SSSR count). The molecule has 2 aromatic rings. The number of carbonyl (C=O) groups excluding carboxylic acids is 1. The van der Waals surface area contributed by atoms with Crippen LogP contribution in [-0.2, 0) is 0 Å². The van der Waals surface area contributed by atoms with Gasteiger partial charge in [0.2, 0.25) is 5.78 Å². The predicted octanol–water partition coefficient (Wildman–Crippen LogP) is 2.52. The third-order valence-electron chi connectivity index (χ3n) is 2.22. The lowest BCUT2D eigenvalue weighted by Crippen LogP contribution is -2.03. The fourth-order valence-corrected chi connectivity index (χ4v) is 1.41. The molecule has 0 aromatic carbocycles. The van der Waals surface area contributed by atoms with Crippen molar-refractivity contribution in [1.82, 2.24) is 4.98 Å². The van der Waals surface area contributed by atoms with E-state index in [9.17, 15) is 4.79 Å². The number of hydrogen-bond acceptors (Lipinski definition) is 3. The number of aryl methyl sites for hydroxylation is 2. The molecule has 0 fully saturated rings. The predicted molar refractivity (Wildman–Crippen MR) is 55.9 cm³/mol. The van der Waals surface area contributed by atoms with E-state index in [4.69, 9.17) is 4.42 Å². The molecule has 3 nitrogen and oxygen atoms in total. The lowest BCUT2D eigenvalue weighted by atomic mass is 10.1. The normalized spacial score (nSPS) is 10.3. The molecule has 0 amide bonds. The van der Waals surface area contributed by atoms with E-state index < -0.39 is 0 Å². The minimum Gasteiger partial charge on any atom is -0.458 e. The summed E-state index contributed by atoms with van der Waals surface area (Å²) in [5.41, 5.74) is 1.31. The number of pyridine rings is 1. The lowest BCUT2D eigenvalue weighted by Gasteiger charge is -2.00. The highest BCUT2D eigenvalue weighted by Gasteiger charge is 2.14. The van der Waals surface area contributed by atoms with E-state index in [0.29, 0.717) is 11.3 Å². The molecule has 0 spiro atoms. The molecular weight excluding hydrogens is 190 g/mol. The largest absolute Gasteiger partial charge is 0.458 e. The van der Waals surface area contributed by atoms with Gasteiger partial charge in [0.05, 0.1) is 0 Å². The van der Waals surface area contributed by atoms with Gasteiger partial charge in [-0.15, -0.1) is 0 Å². The van der Waals surface area contributed by atoms with E-state index in [0.717, 1.165) is 11.5 Å². The van der Waals surface area contributed by atoms with Crippen LogP contribution in [0.3, 0.4) is 0 Å². The van der Waals surface area contributed by atoms with Crippen molar-refractivity contribution in [2.75, 3.05) is 0 Å². The van der Waals surface area contributed by atoms with Crippen LogP contribution in [0, 0.1) is 13.8 Å². The molecule has 0 atom stereocenters. The number of aromatic nitrogens is 1. The van der Waals surface area contributed by atoms with E-state index in [1.54, 1.807) is 30.5 Å². The zero-order chi connectivity index (χ0) is 10.8. The first kappa shape index (κ1) is 9.65. The molecule has 76 valence electrons. The summed E-state index contributed by atoms with van der Waals surface area (Å²) < 4.78 is 5.28. The van der Waals surface area contributed by atoms with Crippen LogP contribution in [0.25, 0.3) is 0 Å². The first-order valence-electron chi connectivity index (χ1n) is 4.71. The van der Waals surface area contributed by atoms with Gasteiger partial charge in [-0.2, -0.15) is 0 Å². The molecule has 0 aliphatic heterocycles. The topological polar surface area (TPSA) is 43.1 Å². The second-order valence-electron chi connectivity index (χ2n) is 3.38. The summed E-state index contributed by atoms with van der Waals surface area (Å²) in [6, 6.07) is 6.96. The molecular formula is C12H11NO2. The van der Waals surface area contributed by atoms with Crippen LogP contribution >= 0.6 is 0 Å². The molecule has 0 bridgehead atoms. The molecule has 0 saturated heterocycles. The molecule has 3 heteroatoms. The van der Waals surface area contributed by atoms with Crippen LogP contribution in [0.1, 0.15) is 27.6 Å². The summed E-state index contributed by atoms with van der Waals surface area (Å²) >= 11 is 0. The summed E-state index contributed by atoms with van der Waals surface area (Å²) in [4.78, 5) is 16.0. The van der Waals surface area contributed by atoms with Crippen molar-refractivity contribution in [2.45, 2.75) is 13.8 Å². The van der Waals surface area contributed by atoms with Gasteiger partial charge >= 0.3 is 0 Å². The molecule has 2 aromatic heterocycles. The SMILES string of the molecule is Cc1ccc(C(=O)c2cccnc2C)o1. The number of hydrogen-bond donors (Lipinski definition) is 0. The number of carbonyl (C=O) groups is 1. The molecule has 2 heterocycles. The Bertz CT molecular complexity index is 500. The summed E-state index contributed by atoms with van der Waals surface area (Å²) in [5, 5.41) is 0. The highest BCUT2D eigenvalue weighted by molar-refractivity contribution is 6.07. The van der Waals surface area contributed by atoms with E-state index in [-0.39, 0.29) is 5.78 Å². The van der Waals surface area contributed by atoms with Gasteiger partial charge in [-0.05, 0) is 38.1 Å². The number of rotatable bonds is 2. The minimum absolute atomic E-state index is 0.117. The standard InChI is InChI=1S/C12H11NO2/c1-8-5-6-11(15-8)12(14)10-4-3-7-13-9(10)2/h3-7H,1-2H3. The first-order valence-corrected chi connectivity index (χ1v) is 4.71. The molecule has 0 saturated carbocycles. The maximum Gasteiger partial charge on any atom is 0.229 e. The van der Waals surface area contributed by atoms with E-state index >= 15 is 0 Å². The first-order chi connectivity index (χ1) is 7.18. The highest BCUT2D eigenvalue weighted by atomic mass is 16.3. The van der Waals surface area contributed by atoms with Crippen molar-refractivity contribution in [3.63, 3.8) is 0 Å². The quantitative estimate of drug-likeness (QED) is 0.701. The van der Waals surface area contributed by atoms with Crippen LogP contribution < -0.4 is 0 Å². The molecule has 0 N–H and O–H groups in total. The highest BCUT2D eigenvalue weighted by Crippen LogP contribution is 2.14. The Balaban J connectivity index is 2.41. The van der Waals surface area contributed by atoms with Crippen molar-refractivity contribution >= 4 is 5.78 Å². The van der Waals surface area contributed by atoms with E-state index in [1.807, 2.05) is 13.8 Å². The van der Waals surface area contributed by atoms with Gasteiger partial charge in [0.1, 0.15) is 5.76 Å². The van der Waals surface area contributed by atoms with Gasteiger partial charge in [0.25, 0.3) is 0 Å². The average molecular weight is 201 g/mol. The molecule has 0 aliphatic carbocycles. The lowest BCUT2D eigenvalue weighted by molar-refractivity contribution is 0.101. The number of nitrogens with zero attached hydrogens (tertiary/aromatic N) is 1. The van der Waals surface area contributed by atoms with Gasteiger partial charge in [0, 0.05) is 17.5 Å². The van der Waals surface area contributed by atoms with Crippen molar-refractivity contribution in [3.8, 4) is 0 Å². The van der Waals surface area contributed by atoms with Crippen LogP contribution in [0.15, 0.2) is 34.9 Å². The summed E-state index contributed by atoms with van der Waals surface area (Å²) in [7, 11) is 0. The second kappa shape index (κ2) is 3.69. The zero-order valence-corrected chi connectivity index (χ0v) is 8.65. The summed E-state index contributed by atoms with van der Waals surface area (Å²) in [6.07, 6.45) is 1.67. The Hall–Kier alpha value is -1.90.